The summed E-state index contributed by atoms with van der Waals surface area (Å²) < 4.78 is 9.56. The van der Waals surface area contributed by atoms with Gasteiger partial charge in [-0.3, -0.25) is 9.59 Å². The van der Waals surface area contributed by atoms with Crippen LogP contribution in [0.15, 0.2) is 76.3 Å². The van der Waals surface area contributed by atoms with E-state index in [0.717, 1.165) is 29.9 Å². The summed E-state index contributed by atoms with van der Waals surface area (Å²) in [6.45, 7) is 2.18. The molecule has 6 rings (SSSR count). The Balaban J connectivity index is 1.40. The third-order valence-corrected chi connectivity index (χ3v) is 9.21. The zero-order chi connectivity index (χ0) is 24.3. The lowest BCUT2D eigenvalue weighted by Gasteiger charge is -2.11. The molecular formula is C28H16Cl2O3S2. The molecule has 172 valence electrons. The van der Waals surface area contributed by atoms with Crippen LogP contribution in [0.25, 0.3) is 40.3 Å². The summed E-state index contributed by atoms with van der Waals surface area (Å²) in [5.74, 6) is 0.432. The topological polar surface area (TPSA) is 43.4 Å². The van der Waals surface area contributed by atoms with Gasteiger partial charge in [0.25, 0.3) is 0 Å². The molecule has 7 heteroatoms. The predicted octanol–water partition coefficient (Wildman–Crippen LogP) is 8.34. The average molecular weight is 535 g/mol. The van der Waals surface area contributed by atoms with Gasteiger partial charge in [0, 0.05) is 29.6 Å². The molecule has 2 aromatic heterocycles. The summed E-state index contributed by atoms with van der Waals surface area (Å²) in [7, 11) is 0. The van der Waals surface area contributed by atoms with Crippen LogP contribution in [-0.2, 0) is 6.61 Å². The largest absolute Gasteiger partial charge is 0.487 e. The third kappa shape index (κ3) is 3.71. The van der Waals surface area contributed by atoms with Gasteiger partial charge in [0.05, 0.1) is 20.8 Å². The van der Waals surface area contributed by atoms with Crippen LogP contribution in [0.3, 0.4) is 0 Å². The summed E-state index contributed by atoms with van der Waals surface area (Å²) >= 11 is 16.1. The zero-order valence-electron chi connectivity index (χ0n) is 18.4. The van der Waals surface area contributed by atoms with E-state index in [1.165, 1.54) is 11.3 Å². The van der Waals surface area contributed by atoms with Crippen molar-refractivity contribution in [3.05, 3.63) is 108 Å². The Morgan fingerprint density at radius 1 is 0.771 bits per heavy atom. The molecular weight excluding hydrogens is 519 g/mol. The summed E-state index contributed by atoms with van der Waals surface area (Å²) in [6, 6.07) is 20.6. The van der Waals surface area contributed by atoms with Gasteiger partial charge in [0.1, 0.15) is 12.4 Å². The molecule has 0 fully saturated rings. The first-order chi connectivity index (χ1) is 16.9. The molecule has 6 aromatic rings. The van der Waals surface area contributed by atoms with Gasteiger partial charge in [-0.25, -0.2) is 0 Å². The molecule has 0 bridgehead atoms. The SMILES string of the molecule is Cc1ccc(Cl)c2c(=O)c3cc(COc4ccc5sc6ccccc6c(=O)c5c4Cl)ccc3sc12. The molecule has 0 saturated heterocycles. The Morgan fingerprint density at radius 3 is 2.37 bits per heavy atom. The highest BCUT2D eigenvalue weighted by atomic mass is 35.5. The van der Waals surface area contributed by atoms with Crippen molar-refractivity contribution in [3.8, 4) is 5.75 Å². The van der Waals surface area contributed by atoms with Gasteiger partial charge in [0.15, 0.2) is 10.9 Å². The molecule has 35 heavy (non-hydrogen) atoms. The van der Waals surface area contributed by atoms with E-state index >= 15 is 0 Å². The van der Waals surface area contributed by atoms with Gasteiger partial charge in [0.2, 0.25) is 0 Å². The summed E-state index contributed by atoms with van der Waals surface area (Å²) in [5, 5.41) is 3.03. The minimum absolute atomic E-state index is 0.0857. The van der Waals surface area contributed by atoms with Crippen molar-refractivity contribution in [2.24, 2.45) is 0 Å². The lowest BCUT2D eigenvalue weighted by Crippen LogP contribution is -2.05. The Hall–Kier alpha value is -2.96. The van der Waals surface area contributed by atoms with Crippen molar-refractivity contribution in [3.63, 3.8) is 0 Å². The van der Waals surface area contributed by atoms with Gasteiger partial charge < -0.3 is 4.74 Å². The first kappa shape index (κ1) is 22.5. The van der Waals surface area contributed by atoms with Crippen molar-refractivity contribution in [2.45, 2.75) is 13.5 Å². The molecule has 2 heterocycles. The highest BCUT2D eigenvalue weighted by molar-refractivity contribution is 7.25. The smallest absolute Gasteiger partial charge is 0.197 e. The second-order valence-electron chi connectivity index (χ2n) is 8.30. The lowest BCUT2D eigenvalue weighted by molar-refractivity contribution is 0.307. The first-order valence-electron chi connectivity index (χ1n) is 10.8. The number of fused-ring (bicyclic) bond motifs is 4. The Morgan fingerprint density at radius 2 is 1.51 bits per heavy atom. The van der Waals surface area contributed by atoms with E-state index < -0.39 is 0 Å². The molecule has 0 unspecified atom stereocenters. The Labute approximate surface area is 217 Å². The van der Waals surface area contributed by atoms with Gasteiger partial charge in [-0.15, -0.1) is 22.7 Å². The fourth-order valence-corrected chi connectivity index (χ4v) is 7.19. The number of hydrogen-bond acceptors (Lipinski definition) is 5. The van der Waals surface area contributed by atoms with Crippen LogP contribution in [0.4, 0.5) is 0 Å². The van der Waals surface area contributed by atoms with E-state index in [1.54, 1.807) is 23.5 Å². The van der Waals surface area contributed by atoms with Crippen LogP contribution < -0.4 is 15.6 Å². The van der Waals surface area contributed by atoms with Gasteiger partial charge >= 0.3 is 0 Å². The van der Waals surface area contributed by atoms with E-state index in [-0.39, 0.29) is 17.5 Å². The lowest BCUT2D eigenvalue weighted by atomic mass is 10.1. The second-order valence-corrected chi connectivity index (χ2v) is 11.2. The number of rotatable bonds is 3. The van der Waals surface area contributed by atoms with E-state index in [4.69, 9.17) is 27.9 Å². The van der Waals surface area contributed by atoms with Crippen LogP contribution in [-0.4, -0.2) is 0 Å². The maximum absolute atomic E-state index is 13.3. The molecule has 0 aliphatic rings. The minimum Gasteiger partial charge on any atom is -0.487 e. The maximum atomic E-state index is 13.3. The van der Waals surface area contributed by atoms with Crippen molar-refractivity contribution >= 4 is 86.2 Å². The fourth-order valence-electron chi connectivity index (χ4n) is 4.29. The zero-order valence-corrected chi connectivity index (χ0v) is 21.5. The molecule has 4 aromatic carbocycles. The Bertz CT molecular complexity index is 1940. The molecule has 0 saturated carbocycles. The molecule has 3 nitrogen and oxygen atoms in total. The Kier molecular flexibility index (Phi) is 5.53. The number of benzene rings is 4. The van der Waals surface area contributed by atoms with Crippen molar-refractivity contribution < 1.29 is 4.74 Å². The molecule has 0 radical (unpaired) electrons. The number of aryl methyl sites for hydroxylation is 1. The van der Waals surface area contributed by atoms with Crippen molar-refractivity contribution in [1.82, 2.24) is 0 Å². The highest BCUT2D eigenvalue weighted by Gasteiger charge is 2.15. The maximum Gasteiger partial charge on any atom is 0.197 e. The van der Waals surface area contributed by atoms with E-state index in [2.05, 4.69) is 0 Å². The standard InChI is InChI=1S/C28H16Cl2O3S2/c1-14-6-8-18(29)23-27(32)17-12-15(7-10-21(17)35-28(14)23)13-33-19-9-11-22-24(25(19)30)26(31)16-4-2-3-5-20(16)34-22/h2-12H,13H2,1H3. The number of ether oxygens (including phenoxy) is 1. The van der Waals surface area contributed by atoms with Crippen molar-refractivity contribution in [2.75, 3.05) is 0 Å². The van der Waals surface area contributed by atoms with Crippen LogP contribution in [0.5, 0.6) is 5.75 Å². The summed E-state index contributed by atoms with van der Waals surface area (Å²) in [4.78, 5) is 26.4. The predicted molar refractivity (Wildman–Crippen MR) is 150 cm³/mol. The second kappa shape index (κ2) is 8.61. The first-order valence-corrected chi connectivity index (χ1v) is 13.2. The van der Waals surface area contributed by atoms with Crippen molar-refractivity contribution in [1.29, 1.82) is 0 Å². The average Bonchev–Trinajstić information content (AvgIpc) is 2.86. The summed E-state index contributed by atoms with van der Waals surface area (Å²) in [5.41, 5.74) is 1.66. The molecule has 0 atom stereocenters. The molecule has 0 aliphatic heterocycles. The fraction of sp³-hybridized carbons (Fsp3) is 0.0714. The molecule has 0 aliphatic carbocycles. The minimum atomic E-state index is -0.105. The third-order valence-electron chi connectivity index (χ3n) is 6.07. The van der Waals surface area contributed by atoms with Gasteiger partial charge in [-0.1, -0.05) is 47.5 Å². The highest BCUT2D eigenvalue weighted by Crippen LogP contribution is 2.36. The van der Waals surface area contributed by atoms with Gasteiger partial charge in [-0.2, -0.15) is 0 Å². The van der Waals surface area contributed by atoms with Crippen LogP contribution in [0, 0.1) is 6.92 Å². The molecule has 0 spiro atoms. The van der Waals surface area contributed by atoms with Crippen LogP contribution >= 0.6 is 45.9 Å². The number of halogens is 2. The normalized spacial score (nSPS) is 11.6. The summed E-state index contributed by atoms with van der Waals surface area (Å²) in [6.07, 6.45) is 0. The molecule has 0 amide bonds. The van der Waals surface area contributed by atoms with Gasteiger partial charge in [-0.05, 0) is 60.5 Å². The van der Waals surface area contributed by atoms with Crippen LogP contribution in [0.1, 0.15) is 11.1 Å². The number of hydrogen-bond donors (Lipinski definition) is 0. The monoisotopic (exact) mass is 534 g/mol. The van der Waals surface area contributed by atoms with Crippen LogP contribution in [0.2, 0.25) is 10.0 Å². The van der Waals surface area contributed by atoms with E-state index in [0.29, 0.717) is 37.3 Å². The quantitative estimate of drug-likeness (QED) is 0.214. The molecule has 0 N–H and O–H groups in total. The van der Waals surface area contributed by atoms with E-state index in [1.807, 2.05) is 61.5 Å². The van der Waals surface area contributed by atoms with E-state index in [9.17, 15) is 9.59 Å².